The predicted octanol–water partition coefficient (Wildman–Crippen LogP) is 14.4. The smallest absolute Gasteiger partial charge is 0.00987 e. The van der Waals surface area contributed by atoms with Crippen molar-refractivity contribution >= 4 is 75.4 Å². The molecular formula is C52H38. The first kappa shape index (κ1) is 31.5. The lowest BCUT2D eigenvalue weighted by molar-refractivity contribution is 0.843. The Morgan fingerprint density at radius 1 is 0.173 bits per heavy atom. The fourth-order valence-electron chi connectivity index (χ4n) is 7.50. The molecule has 0 saturated heterocycles. The van der Waals surface area contributed by atoms with E-state index in [1.54, 1.807) is 0 Å². The molecule has 0 radical (unpaired) electrons. The molecule has 1 aliphatic carbocycles. The van der Waals surface area contributed by atoms with E-state index in [0.717, 1.165) is 0 Å². The first-order chi connectivity index (χ1) is 25.8. The Morgan fingerprint density at radius 3 is 0.654 bits per heavy atom. The summed E-state index contributed by atoms with van der Waals surface area (Å²) in [7, 11) is 0. The van der Waals surface area contributed by atoms with Gasteiger partial charge >= 0.3 is 0 Å². The van der Waals surface area contributed by atoms with Crippen LogP contribution in [0.1, 0.15) is 11.1 Å². The lowest BCUT2D eigenvalue weighted by Gasteiger charge is -2.18. The third-order valence-electron chi connectivity index (χ3n) is 10.5. The fraction of sp³-hybridized carbons (Fsp3) is 0.0385. The Hall–Kier alpha value is -6.50. The molecular weight excluding hydrogens is 625 g/mol. The van der Waals surface area contributed by atoms with Gasteiger partial charge in [-0.3, -0.25) is 0 Å². The van der Waals surface area contributed by atoms with Gasteiger partial charge in [0.1, 0.15) is 0 Å². The zero-order valence-electron chi connectivity index (χ0n) is 29.0. The van der Waals surface area contributed by atoms with Crippen LogP contribution in [0.3, 0.4) is 0 Å². The Morgan fingerprint density at radius 2 is 0.385 bits per heavy atom. The van der Waals surface area contributed by atoms with Crippen molar-refractivity contribution in [3.63, 3.8) is 0 Å². The van der Waals surface area contributed by atoms with Gasteiger partial charge in [-0.2, -0.15) is 0 Å². The van der Waals surface area contributed by atoms with Crippen LogP contribution in [0.5, 0.6) is 0 Å². The minimum atomic E-state index is 1.21. The summed E-state index contributed by atoms with van der Waals surface area (Å²) in [6, 6.07) is 74.1. The Bertz CT molecular complexity index is 2680. The van der Waals surface area contributed by atoms with Crippen LogP contribution < -0.4 is 0 Å². The lowest BCUT2D eigenvalue weighted by atomic mass is 9.87. The van der Waals surface area contributed by atoms with E-state index in [0.29, 0.717) is 0 Å². The Balaban J connectivity index is 0.000000138. The number of hydrogen-bond donors (Lipinski definition) is 0. The zero-order chi connectivity index (χ0) is 34.7. The van der Waals surface area contributed by atoms with E-state index in [1.165, 1.54) is 99.4 Å². The molecule has 0 amide bonds. The highest BCUT2D eigenvalue weighted by molar-refractivity contribution is 6.28. The van der Waals surface area contributed by atoms with E-state index >= 15 is 0 Å². The topological polar surface area (TPSA) is 0 Å². The van der Waals surface area contributed by atoms with Gasteiger partial charge in [0.05, 0.1) is 0 Å². The molecule has 0 spiro atoms. The fourth-order valence-corrected chi connectivity index (χ4v) is 7.50. The van der Waals surface area contributed by atoms with E-state index in [4.69, 9.17) is 0 Å². The second kappa shape index (κ2) is 14.0. The highest BCUT2D eigenvalue weighted by Crippen LogP contribution is 2.38. The van der Waals surface area contributed by atoms with Crippen LogP contribution in [0.4, 0.5) is 0 Å². The highest BCUT2D eigenvalue weighted by atomic mass is 14.2. The summed E-state index contributed by atoms with van der Waals surface area (Å²) >= 11 is 0. The molecule has 52 heavy (non-hydrogen) atoms. The Kier molecular flexibility index (Phi) is 8.49. The van der Waals surface area contributed by atoms with Crippen LogP contribution >= 0.6 is 0 Å². The van der Waals surface area contributed by atoms with E-state index in [2.05, 4.69) is 206 Å². The van der Waals surface area contributed by atoms with Crippen molar-refractivity contribution in [3.8, 4) is 0 Å². The van der Waals surface area contributed by atoms with Gasteiger partial charge in [-0.15, -0.1) is 0 Å². The van der Waals surface area contributed by atoms with Crippen LogP contribution in [0.15, 0.2) is 206 Å². The molecule has 0 saturated carbocycles. The van der Waals surface area contributed by atoms with Crippen LogP contribution in [-0.4, -0.2) is 0 Å². The average molecular weight is 663 g/mol. The monoisotopic (exact) mass is 662 g/mol. The molecule has 0 atom stereocenters. The third kappa shape index (κ3) is 6.10. The van der Waals surface area contributed by atoms with E-state index in [1.807, 2.05) is 0 Å². The molecule has 0 aliphatic heterocycles. The maximum Gasteiger partial charge on any atom is -0.00987 e. The summed E-state index contributed by atoms with van der Waals surface area (Å²) in [5, 5.41) is 18.2. The molecule has 0 heterocycles. The maximum atomic E-state index is 2.32. The summed E-state index contributed by atoms with van der Waals surface area (Å²) in [5.74, 6) is 0. The van der Waals surface area contributed by atoms with Gasteiger partial charge in [-0.05, 0) is 99.4 Å². The second-order valence-electron chi connectivity index (χ2n) is 13.6. The normalized spacial score (nSPS) is 11.7. The van der Waals surface area contributed by atoms with Crippen LogP contribution in [-0.2, 0) is 12.8 Å². The number of rotatable bonds is 0. The molecule has 9 aromatic carbocycles. The number of fused-ring (bicyclic) bond motifs is 12. The molecule has 0 nitrogen and oxygen atoms in total. The van der Waals surface area contributed by atoms with Gasteiger partial charge in [0, 0.05) is 0 Å². The summed E-state index contributed by atoms with van der Waals surface area (Å²) in [6.07, 6.45) is 2.45. The van der Waals surface area contributed by atoms with Crippen molar-refractivity contribution in [3.05, 3.63) is 217 Å². The molecule has 0 N–H and O–H groups in total. The van der Waals surface area contributed by atoms with Crippen molar-refractivity contribution < 1.29 is 0 Å². The maximum absolute atomic E-state index is 2.32. The first-order valence-electron chi connectivity index (χ1n) is 18.2. The van der Waals surface area contributed by atoms with Crippen LogP contribution in [0.25, 0.3) is 75.4 Å². The van der Waals surface area contributed by atoms with Crippen LogP contribution in [0, 0.1) is 0 Å². The van der Waals surface area contributed by atoms with Gasteiger partial charge < -0.3 is 0 Å². The van der Waals surface area contributed by atoms with Crippen molar-refractivity contribution in [1.82, 2.24) is 0 Å². The largest absolute Gasteiger partial charge is 0.0622 e. The van der Waals surface area contributed by atoms with E-state index in [-0.39, 0.29) is 0 Å². The minimum absolute atomic E-state index is 1.21. The van der Waals surface area contributed by atoms with Gasteiger partial charge in [-0.25, -0.2) is 0 Å². The number of hydrogen-bond acceptors (Lipinski definition) is 0. The minimum Gasteiger partial charge on any atom is -0.0622 e. The highest BCUT2D eigenvalue weighted by Gasteiger charge is 2.13. The molecule has 0 heteroatoms. The second-order valence-corrected chi connectivity index (χ2v) is 13.6. The van der Waals surface area contributed by atoms with Crippen molar-refractivity contribution in [2.45, 2.75) is 12.8 Å². The van der Waals surface area contributed by atoms with Crippen molar-refractivity contribution in [1.29, 1.82) is 0 Å². The van der Waals surface area contributed by atoms with Crippen LogP contribution in [0.2, 0.25) is 0 Å². The summed E-state index contributed by atoms with van der Waals surface area (Å²) in [6.45, 7) is 0. The molecule has 0 unspecified atom stereocenters. The third-order valence-corrected chi connectivity index (χ3v) is 10.5. The summed E-state index contributed by atoms with van der Waals surface area (Å²) in [4.78, 5) is 0. The van der Waals surface area contributed by atoms with Gasteiger partial charge in [0.25, 0.3) is 0 Å². The van der Waals surface area contributed by atoms with E-state index in [9.17, 15) is 0 Å². The van der Waals surface area contributed by atoms with Crippen molar-refractivity contribution in [2.24, 2.45) is 0 Å². The quantitative estimate of drug-likeness (QED) is 0.152. The van der Waals surface area contributed by atoms with Gasteiger partial charge in [-0.1, -0.05) is 206 Å². The summed E-state index contributed by atoms with van der Waals surface area (Å²) in [5.41, 5.74) is 3.01. The molecule has 10 rings (SSSR count). The van der Waals surface area contributed by atoms with Gasteiger partial charge in [0.2, 0.25) is 0 Å². The first-order valence-corrected chi connectivity index (χ1v) is 18.2. The number of aryl methyl sites for hydroxylation is 2. The SMILES string of the molecule is c1cccc2c(cc1)c1ccc3c4ccc5c(ccc4c3ccc21)CC5.c1cccc2ccc3ccc4ccccccc4ccc3ccc2cc1. The lowest BCUT2D eigenvalue weighted by Crippen LogP contribution is -2.05. The zero-order valence-corrected chi connectivity index (χ0v) is 29.0. The summed E-state index contributed by atoms with van der Waals surface area (Å²) < 4.78 is 0. The van der Waals surface area contributed by atoms with Gasteiger partial charge in [0.15, 0.2) is 0 Å². The molecule has 0 fully saturated rings. The predicted molar refractivity (Wildman–Crippen MR) is 227 cm³/mol. The standard InChI is InChI=1S/C26H18.C26H20/c1-2-4-6-20-19(5-3-1)23-13-15-25-21-11-9-17-7-8-18(17)10-12-22(21)26(25)16-14-24(20)23;1-2-6-10-22-14-18-26-20-16-24-12-8-4-3-7-11-23(24)15-19-25(26)17-13-21(22)9-5-1/h1-6,9-16H,7-8H2;1-20H. The van der Waals surface area contributed by atoms with E-state index < -0.39 is 0 Å². The Labute approximate surface area is 304 Å². The molecule has 0 aromatic heterocycles. The molecule has 0 bridgehead atoms. The molecule has 246 valence electrons. The molecule has 1 aliphatic rings. The van der Waals surface area contributed by atoms with Crippen molar-refractivity contribution in [2.75, 3.05) is 0 Å². The molecule has 9 aromatic rings. The average Bonchev–Trinajstić information content (AvgIpc) is 3.09.